The van der Waals surface area contributed by atoms with Crippen molar-refractivity contribution in [1.82, 2.24) is 0 Å². The number of rotatable bonds is 2. The van der Waals surface area contributed by atoms with Crippen LogP contribution in [-0.4, -0.2) is 0 Å². The van der Waals surface area contributed by atoms with Gasteiger partial charge in [-0.05, 0) is 46.4 Å². The number of furan rings is 1. The Labute approximate surface area is 96.2 Å². The molecule has 1 unspecified atom stereocenters. The monoisotopic (exact) mass is 299 g/mol. The van der Waals surface area contributed by atoms with Crippen LogP contribution >= 0.6 is 22.6 Å². The average Bonchev–Trinajstić information content (AvgIpc) is 2.71. The molecule has 1 heterocycles. The maximum absolute atomic E-state index is 6.05. The SMILES string of the molecule is NC(c1ccc(I)cc1)c1ccoc1. The van der Waals surface area contributed by atoms with Gasteiger partial charge >= 0.3 is 0 Å². The van der Waals surface area contributed by atoms with E-state index in [-0.39, 0.29) is 6.04 Å². The highest BCUT2D eigenvalue weighted by Crippen LogP contribution is 2.20. The zero-order valence-electron chi connectivity index (χ0n) is 7.48. The lowest BCUT2D eigenvalue weighted by Crippen LogP contribution is -2.10. The largest absolute Gasteiger partial charge is 0.472 e. The molecule has 2 aromatic rings. The molecule has 3 heteroatoms. The second kappa shape index (κ2) is 4.14. The number of nitrogens with two attached hydrogens (primary N) is 1. The van der Waals surface area contributed by atoms with E-state index in [4.69, 9.17) is 10.2 Å². The summed E-state index contributed by atoms with van der Waals surface area (Å²) in [6.07, 6.45) is 3.32. The van der Waals surface area contributed by atoms with Crippen molar-refractivity contribution in [1.29, 1.82) is 0 Å². The fourth-order valence-corrected chi connectivity index (χ4v) is 1.67. The van der Waals surface area contributed by atoms with Crippen molar-refractivity contribution in [2.24, 2.45) is 5.73 Å². The van der Waals surface area contributed by atoms with Gasteiger partial charge in [-0.1, -0.05) is 12.1 Å². The van der Waals surface area contributed by atoms with E-state index in [1.807, 2.05) is 18.2 Å². The first kappa shape index (κ1) is 9.73. The van der Waals surface area contributed by atoms with E-state index in [1.54, 1.807) is 12.5 Å². The van der Waals surface area contributed by atoms with Gasteiger partial charge in [0.15, 0.2) is 0 Å². The van der Waals surface area contributed by atoms with Crippen LogP contribution in [0.5, 0.6) is 0 Å². The molecule has 0 fully saturated rings. The van der Waals surface area contributed by atoms with E-state index in [2.05, 4.69) is 34.7 Å². The highest BCUT2D eigenvalue weighted by molar-refractivity contribution is 14.1. The number of halogens is 1. The number of hydrogen-bond acceptors (Lipinski definition) is 2. The van der Waals surface area contributed by atoms with Crippen LogP contribution in [0.25, 0.3) is 0 Å². The van der Waals surface area contributed by atoms with Crippen LogP contribution in [0.2, 0.25) is 0 Å². The summed E-state index contributed by atoms with van der Waals surface area (Å²) in [7, 11) is 0. The van der Waals surface area contributed by atoms with E-state index in [1.165, 1.54) is 3.57 Å². The quantitative estimate of drug-likeness (QED) is 0.866. The summed E-state index contributed by atoms with van der Waals surface area (Å²) >= 11 is 2.27. The molecule has 0 aliphatic heterocycles. The third kappa shape index (κ3) is 1.99. The minimum Gasteiger partial charge on any atom is -0.472 e. The molecule has 0 radical (unpaired) electrons. The highest BCUT2D eigenvalue weighted by atomic mass is 127. The zero-order chi connectivity index (χ0) is 9.97. The van der Waals surface area contributed by atoms with Gasteiger partial charge in [0, 0.05) is 9.13 Å². The van der Waals surface area contributed by atoms with Crippen molar-refractivity contribution >= 4 is 22.6 Å². The molecular formula is C11H10INO. The Hall–Kier alpha value is -0.810. The molecule has 0 aliphatic carbocycles. The van der Waals surface area contributed by atoms with Crippen molar-refractivity contribution in [2.45, 2.75) is 6.04 Å². The first-order chi connectivity index (χ1) is 6.77. The van der Waals surface area contributed by atoms with Crippen LogP contribution in [0, 0.1) is 3.57 Å². The van der Waals surface area contributed by atoms with Crippen molar-refractivity contribution in [3.63, 3.8) is 0 Å². The molecule has 0 spiro atoms. The lowest BCUT2D eigenvalue weighted by molar-refractivity contribution is 0.562. The Balaban J connectivity index is 2.28. The molecule has 1 aromatic heterocycles. The molecule has 2 N–H and O–H groups in total. The lowest BCUT2D eigenvalue weighted by Gasteiger charge is -2.09. The minimum atomic E-state index is -0.0919. The van der Waals surface area contributed by atoms with Crippen LogP contribution in [0.3, 0.4) is 0 Å². The molecule has 0 saturated heterocycles. The third-order valence-electron chi connectivity index (χ3n) is 2.13. The van der Waals surface area contributed by atoms with E-state index in [9.17, 15) is 0 Å². The van der Waals surface area contributed by atoms with Gasteiger partial charge < -0.3 is 10.2 Å². The van der Waals surface area contributed by atoms with Gasteiger partial charge in [0.2, 0.25) is 0 Å². The summed E-state index contributed by atoms with van der Waals surface area (Å²) in [6, 6.07) is 9.98. The summed E-state index contributed by atoms with van der Waals surface area (Å²) in [5.41, 5.74) is 8.16. The molecule has 72 valence electrons. The molecule has 0 bridgehead atoms. The fraction of sp³-hybridized carbons (Fsp3) is 0.0909. The van der Waals surface area contributed by atoms with Gasteiger partial charge in [0.25, 0.3) is 0 Å². The highest BCUT2D eigenvalue weighted by Gasteiger charge is 2.09. The lowest BCUT2D eigenvalue weighted by atomic mass is 10.0. The topological polar surface area (TPSA) is 39.2 Å². The molecule has 1 aromatic carbocycles. The maximum Gasteiger partial charge on any atom is 0.0953 e. The minimum absolute atomic E-state index is 0.0919. The smallest absolute Gasteiger partial charge is 0.0953 e. The second-order valence-corrected chi connectivity index (χ2v) is 4.33. The van der Waals surface area contributed by atoms with Crippen LogP contribution in [0.4, 0.5) is 0 Å². The molecule has 0 saturated carbocycles. The maximum atomic E-state index is 6.05. The van der Waals surface area contributed by atoms with E-state index < -0.39 is 0 Å². The first-order valence-electron chi connectivity index (χ1n) is 4.30. The van der Waals surface area contributed by atoms with Gasteiger partial charge in [0.05, 0.1) is 18.6 Å². The summed E-state index contributed by atoms with van der Waals surface area (Å²) in [5, 5.41) is 0. The average molecular weight is 299 g/mol. The van der Waals surface area contributed by atoms with Crippen LogP contribution in [0.1, 0.15) is 17.2 Å². The Bertz CT molecular complexity index is 394. The Kier molecular flexibility index (Phi) is 2.88. The summed E-state index contributed by atoms with van der Waals surface area (Å²) < 4.78 is 6.21. The predicted molar refractivity (Wildman–Crippen MR) is 63.9 cm³/mol. The molecule has 0 amide bonds. The molecule has 14 heavy (non-hydrogen) atoms. The first-order valence-corrected chi connectivity index (χ1v) is 5.38. The van der Waals surface area contributed by atoms with Crippen LogP contribution in [0.15, 0.2) is 47.3 Å². The van der Waals surface area contributed by atoms with Gasteiger partial charge in [-0.2, -0.15) is 0 Å². The summed E-state index contributed by atoms with van der Waals surface area (Å²) in [4.78, 5) is 0. The van der Waals surface area contributed by atoms with Crippen molar-refractivity contribution in [3.05, 3.63) is 57.6 Å². The molecular weight excluding hydrogens is 289 g/mol. The van der Waals surface area contributed by atoms with Gasteiger partial charge in [-0.15, -0.1) is 0 Å². The number of benzene rings is 1. The summed E-state index contributed by atoms with van der Waals surface area (Å²) in [5.74, 6) is 0. The molecule has 2 rings (SSSR count). The van der Waals surface area contributed by atoms with E-state index in [0.29, 0.717) is 0 Å². The molecule has 1 atom stereocenters. The van der Waals surface area contributed by atoms with Crippen LogP contribution in [-0.2, 0) is 0 Å². The van der Waals surface area contributed by atoms with Crippen molar-refractivity contribution in [2.75, 3.05) is 0 Å². The van der Waals surface area contributed by atoms with Gasteiger partial charge in [-0.25, -0.2) is 0 Å². The van der Waals surface area contributed by atoms with Gasteiger partial charge in [-0.3, -0.25) is 0 Å². The fourth-order valence-electron chi connectivity index (χ4n) is 1.31. The number of hydrogen-bond donors (Lipinski definition) is 1. The zero-order valence-corrected chi connectivity index (χ0v) is 9.64. The van der Waals surface area contributed by atoms with Crippen LogP contribution < -0.4 is 5.73 Å². The van der Waals surface area contributed by atoms with Crippen molar-refractivity contribution in [3.8, 4) is 0 Å². The van der Waals surface area contributed by atoms with E-state index >= 15 is 0 Å². The summed E-state index contributed by atoms with van der Waals surface area (Å²) in [6.45, 7) is 0. The molecule has 0 aliphatic rings. The van der Waals surface area contributed by atoms with Crippen molar-refractivity contribution < 1.29 is 4.42 Å². The normalized spacial score (nSPS) is 12.7. The Morgan fingerprint density at radius 2 is 1.79 bits per heavy atom. The Morgan fingerprint density at radius 3 is 2.36 bits per heavy atom. The van der Waals surface area contributed by atoms with E-state index in [0.717, 1.165) is 11.1 Å². The second-order valence-electron chi connectivity index (χ2n) is 3.09. The standard InChI is InChI=1S/C11H10INO/c12-10-3-1-8(2-4-10)11(13)9-5-6-14-7-9/h1-7,11H,13H2. The third-order valence-corrected chi connectivity index (χ3v) is 2.85. The Morgan fingerprint density at radius 1 is 1.07 bits per heavy atom. The molecule has 2 nitrogen and oxygen atoms in total. The predicted octanol–water partition coefficient (Wildman–Crippen LogP) is 2.93. The van der Waals surface area contributed by atoms with Gasteiger partial charge in [0.1, 0.15) is 0 Å².